The minimum atomic E-state index is -0.250. The van der Waals surface area contributed by atoms with Gasteiger partial charge in [0, 0.05) is 24.0 Å². The van der Waals surface area contributed by atoms with Crippen molar-refractivity contribution in [2.45, 2.75) is 25.3 Å². The first-order valence-electron chi connectivity index (χ1n) is 6.05. The lowest BCUT2D eigenvalue weighted by molar-refractivity contribution is 0.389. The van der Waals surface area contributed by atoms with Gasteiger partial charge in [-0.1, -0.05) is 15.9 Å². The van der Waals surface area contributed by atoms with E-state index in [1.54, 1.807) is 0 Å². The lowest BCUT2D eigenvalue weighted by Crippen LogP contribution is -2.42. The molecule has 96 valence electrons. The Hall–Kier alpha value is -1.37. The van der Waals surface area contributed by atoms with Crippen molar-refractivity contribution in [3.8, 4) is 0 Å². The van der Waals surface area contributed by atoms with Crippen LogP contribution in [-0.4, -0.2) is 37.5 Å². The van der Waals surface area contributed by atoms with Crippen molar-refractivity contribution in [2.75, 3.05) is 16.8 Å². The highest BCUT2D eigenvalue weighted by Crippen LogP contribution is 2.28. The second-order valence-corrected chi connectivity index (χ2v) is 5.26. The van der Waals surface area contributed by atoms with E-state index >= 15 is 0 Å². The molecule has 0 aliphatic heterocycles. The topological polar surface area (TPSA) is 66.3 Å². The predicted octanol–water partition coefficient (Wildman–Crippen LogP) is 1.17. The smallest absolute Gasteiger partial charge is 0.348 e. The van der Waals surface area contributed by atoms with Crippen molar-refractivity contribution in [3.05, 3.63) is 22.9 Å². The Kier molecular flexibility index (Phi) is 3.07. The molecule has 0 spiro atoms. The number of hydrogen-bond acceptors (Lipinski definition) is 4. The maximum absolute atomic E-state index is 11.4. The molecule has 2 aromatic heterocycles. The van der Waals surface area contributed by atoms with Gasteiger partial charge in [-0.25, -0.2) is 19.3 Å². The van der Waals surface area contributed by atoms with Crippen LogP contribution in [0.15, 0.2) is 17.2 Å². The van der Waals surface area contributed by atoms with Gasteiger partial charge in [0.1, 0.15) is 12.1 Å². The molecule has 18 heavy (non-hydrogen) atoms. The third-order valence-corrected chi connectivity index (χ3v) is 3.79. The molecule has 2 heterocycles. The number of fused-ring (bicyclic) bond motifs is 1. The van der Waals surface area contributed by atoms with Gasteiger partial charge in [0.15, 0.2) is 5.65 Å². The van der Waals surface area contributed by atoms with Crippen LogP contribution in [0.2, 0.25) is 0 Å². The minimum absolute atomic E-state index is 0.250. The van der Waals surface area contributed by atoms with Gasteiger partial charge in [0.2, 0.25) is 0 Å². The summed E-state index contributed by atoms with van der Waals surface area (Å²) >= 11 is 3.48. The van der Waals surface area contributed by atoms with Gasteiger partial charge >= 0.3 is 5.69 Å². The first-order valence-corrected chi connectivity index (χ1v) is 7.17. The highest BCUT2D eigenvalue weighted by molar-refractivity contribution is 9.09. The van der Waals surface area contributed by atoms with Crippen LogP contribution in [0.5, 0.6) is 0 Å². The number of nitrogens with one attached hydrogen (secondary N) is 1. The molecular formula is C11H14BrN5O. The fourth-order valence-electron chi connectivity index (χ4n) is 2.23. The number of aromatic nitrogens is 4. The summed E-state index contributed by atoms with van der Waals surface area (Å²) in [6, 6.07) is 2.43. The number of hydrogen-bond donors (Lipinski definition) is 1. The Morgan fingerprint density at radius 2 is 2.39 bits per heavy atom. The van der Waals surface area contributed by atoms with Gasteiger partial charge in [-0.05, 0) is 19.3 Å². The standard InChI is InChI=1S/C11H14BrN5O/c12-4-5-16(8-2-1-3-8)9-6-10-14-15-11(18)17(10)7-13-9/h6-8H,1-5H2,(H,15,18). The predicted molar refractivity (Wildman–Crippen MR) is 72.4 cm³/mol. The first kappa shape index (κ1) is 11.7. The van der Waals surface area contributed by atoms with E-state index in [1.807, 2.05) is 6.07 Å². The fraction of sp³-hybridized carbons (Fsp3) is 0.545. The summed E-state index contributed by atoms with van der Waals surface area (Å²) in [5.74, 6) is 0.894. The molecule has 0 unspecified atom stereocenters. The van der Waals surface area contributed by atoms with E-state index in [0.29, 0.717) is 11.7 Å². The lowest BCUT2D eigenvalue weighted by Gasteiger charge is -2.38. The molecule has 0 aromatic carbocycles. The number of nitrogens with zero attached hydrogens (tertiary/aromatic N) is 4. The van der Waals surface area contributed by atoms with E-state index in [1.165, 1.54) is 30.0 Å². The summed E-state index contributed by atoms with van der Waals surface area (Å²) in [5.41, 5.74) is 0.364. The largest absolute Gasteiger partial charge is 0.353 e. The molecule has 0 amide bonds. The Bertz CT molecular complexity index is 603. The van der Waals surface area contributed by atoms with E-state index in [9.17, 15) is 4.79 Å². The van der Waals surface area contributed by atoms with E-state index in [4.69, 9.17) is 0 Å². The molecule has 1 N–H and O–H groups in total. The SMILES string of the molecule is O=c1[nH]nc2cc(N(CCBr)C3CCC3)ncn12. The van der Waals surface area contributed by atoms with Crippen LogP contribution in [0.3, 0.4) is 0 Å². The monoisotopic (exact) mass is 311 g/mol. The van der Waals surface area contributed by atoms with Gasteiger partial charge in [0.25, 0.3) is 0 Å². The molecule has 0 bridgehead atoms. The summed E-state index contributed by atoms with van der Waals surface area (Å²) < 4.78 is 1.41. The van der Waals surface area contributed by atoms with Crippen LogP contribution in [0.1, 0.15) is 19.3 Å². The van der Waals surface area contributed by atoms with Crippen LogP contribution >= 0.6 is 15.9 Å². The van der Waals surface area contributed by atoms with E-state index in [0.717, 1.165) is 17.7 Å². The lowest BCUT2D eigenvalue weighted by atomic mass is 9.91. The second-order valence-electron chi connectivity index (χ2n) is 4.47. The van der Waals surface area contributed by atoms with Gasteiger partial charge in [-0.2, -0.15) is 5.10 Å². The average molecular weight is 312 g/mol. The van der Waals surface area contributed by atoms with Crippen molar-refractivity contribution >= 4 is 27.4 Å². The Balaban J connectivity index is 1.97. The van der Waals surface area contributed by atoms with Crippen LogP contribution < -0.4 is 10.6 Å². The second kappa shape index (κ2) is 4.72. The third kappa shape index (κ3) is 1.92. The van der Waals surface area contributed by atoms with Crippen molar-refractivity contribution < 1.29 is 0 Å². The molecule has 1 aliphatic rings. The molecule has 3 rings (SSSR count). The number of H-pyrrole nitrogens is 1. The molecule has 7 heteroatoms. The van der Waals surface area contributed by atoms with Crippen LogP contribution in [-0.2, 0) is 0 Å². The zero-order valence-electron chi connectivity index (χ0n) is 9.84. The van der Waals surface area contributed by atoms with Crippen molar-refractivity contribution in [3.63, 3.8) is 0 Å². The van der Waals surface area contributed by atoms with Crippen LogP contribution in [0.4, 0.5) is 5.82 Å². The molecule has 6 nitrogen and oxygen atoms in total. The summed E-state index contributed by atoms with van der Waals surface area (Å²) in [6.45, 7) is 0.919. The summed E-state index contributed by atoms with van der Waals surface area (Å²) in [4.78, 5) is 18.0. The van der Waals surface area contributed by atoms with Crippen molar-refractivity contribution in [2.24, 2.45) is 0 Å². The normalized spacial score (nSPS) is 15.8. The molecule has 2 aromatic rings. The number of alkyl halides is 1. The highest BCUT2D eigenvalue weighted by Gasteiger charge is 2.25. The Labute approximate surface area is 112 Å². The number of aromatic amines is 1. The summed E-state index contributed by atoms with van der Waals surface area (Å²) in [6.07, 6.45) is 5.25. The van der Waals surface area contributed by atoms with E-state index in [2.05, 4.69) is 36.0 Å². The highest BCUT2D eigenvalue weighted by atomic mass is 79.9. The summed E-state index contributed by atoms with van der Waals surface area (Å²) in [7, 11) is 0. The number of anilines is 1. The van der Waals surface area contributed by atoms with Crippen LogP contribution in [0, 0.1) is 0 Å². The molecule has 0 atom stereocenters. The zero-order valence-corrected chi connectivity index (χ0v) is 11.4. The molecule has 1 saturated carbocycles. The van der Waals surface area contributed by atoms with E-state index in [-0.39, 0.29) is 5.69 Å². The Morgan fingerprint density at radius 3 is 3.06 bits per heavy atom. The molecule has 1 fully saturated rings. The van der Waals surface area contributed by atoms with Crippen molar-refractivity contribution in [1.82, 2.24) is 19.6 Å². The number of rotatable bonds is 4. The van der Waals surface area contributed by atoms with E-state index < -0.39 is 0 Å². The number of halogens is 1. The maximum atomic E-state index is 11.4. The minimum Gasteiger partial charge on any atom is -0.353 e. The van der Waals surface area contributed by atoms with Crippen LogP contribution in [0.25, 0.3) is 5.65 Å². The third-order valence-electron chi connectivity index (χ3n) is 3.43. The molecule has 1 aliphatic carbocycles. The first-order chi connectivity index (χ1) is 8.79. The average Bonchev–Trinajstić information content (AvgIpc) is 2.68. The van der Waals surface area contributed by atoms with Gasteiger partial charge < -0.3 is 4.90 Å². The van der Waals surface area contributed by atoms with Gasteiger partial charge in [-0.3, -0.25) is 0 Å². The quantitative estimate of drug-likeness (QED) is 0.861. The molecular weight excluding hydrogens is 298 g/mol. The zero-order chi connectivity index (χ0) is 12.5. The molecule has 0 saturated heterocycles. The maximum Gasteiger partial charge on any atom is 0.348 e. The Morgan fingerprint density at radius 1 is 1.56 bits per heavy atom. The fourth-order valence-corrected chi connectivity index (χ4v) is 2.61. The molecule has 0 radical (unpaired) electrons. The van der Waals surface area contributed by atoms with Crippen molar-refractivity contribution in [1.29, 1.82) is 0 Å². The van der Waals surface area contributed by atoms with Gasteiger partial charge in [-0.15, -0.1) is 0 Å². The summed E-state index contributed by atoms with van der Waals surface area (Å²) in [5, 5.41) is 7.30. The van der Waals surface area contributed by atoms with Gasteiger partial charge in [0.05, 0.1) is 0 Å².